The van der Waals surface area contributed by atoms with Gasteiger partial charge in [-0.25, -0.2) is 0 Å². The number of benzene rings is 1. The Kier molecular flexibility index (Phi) is 7.57. The van der Waals surface area contributed by atoms with Crippen molar-refractivity contribution in [3.05, 3.63) is 24.3 Å². The Balaban J connectivity index is 3.53. The van der Waals surface area contributed by atoms with Gasteiger partial charge in [-0.15, -0.1) is 0 Å². The highest BCUT2D eigenvalue weighted by Gasteiger charge is 2.95. The topological polar surface area (TPSA) is 38.3 Å². The summed E-state index contributed by atoms with van der Waals surface area (Å²) in [6.45, 7) is 0. The van der Waals surface area contributed by atoms with Crippen molar-refractivity contribution < 1.29 is 84.2 Å². The van der Waals surface area contributed by atoms with Crippen molar-refractivity contribution in [3.63, 3.8) is 0 Å². The predicted molar refractivity (Wildman–Crippen MR) is 82.3 cm³/mol. The first-order valence-corrected chi connectivity index (χ1v) is 8.35. The van der Waals surface area contributed by atoms with Gasteiger partial charge in [0.25, 0.3) is 0 Å². The number of amides is 1. The lowest BCUT2D eigenvalue weighted by Gasteiger charge is -2.42. The van der Waals surface area contributed by atoms with Gasteiger partial charge in [-0.1, -0.05) is 0 Å². The minimum absolute atomic E-state index is 0.0740. The maximum atomic E-state index is 13.8. The Hall–Kier alpha value is -2.70. The van der Waals surface area contributed by atoms with E-state index >= 15 is 0 Å². The molecule has 36 heavy (non-hydrogen) atoms. The van der Waals surface area contributed by atoms with E-state index < -0.39 is 59.2 Å². The standard InChI is InChI=1S/C16H8F17NO2/c1-36-7-4-2-6(3-5-7)34-8(35)9(17,18)10(19,20)11(21,22)12(23,24)13(25,26)14(27,28)15(29,30)16(31,32)33/h2-5H,1H3,(H,34,35). The SMILES string of the molecule is COc1ccc(NC(=O)C(F)(F)C(F)(F)C(F)(F)C(F)(F)C(F)(F)C(F)(F)C(F)(F)C(F)(F)F)cc1. The first-order chi connectivity index (χ1) is 15.7. The van der Waals surface area contributed by atoms with E-state index in [9.17, 15) is 79.4 Å². The van der Waals surface area contributed by atoms with Crippen LogP contribution < -0.4 is 10.1 Å². The number of nitrogens with one attached hydrogen (secondary N) is 1. The van der Waals surface area contributed by atoms with Crippen LogP contribution in [0, 0.1) is 0 Å². The third kappa shape index (κ3) is 4.24. The van der Waals surface area contributed by atoms with Gasteiger partial charge in [0.2, 0.25) is 0 Å². The van der Waals surface area contributed by atoms with Crippen LogP contribution in [0.1, 0.15) is 0 Å². The maximum absolute atomic E-state index is 13.8. The second-order valence-electron chi connectivity index (χ2n) is 6.70. The van der Waals surface area contributed by atoms with E-state index in [1.54, 1.807) is 0 Å². The average molecular weight is 569 g/mol. The molecule has 1 aromatic rings. The maximum Gasteiger partial charge on any atom is 0.460 e. The van der Waals surface area contributed by atoms with E-state index in [0.717, 1.165) is 24.6 Å². The minimum atomic E-state index is -8.76. The molecule has 0 atom stereocenters. The fraction of sp³-hybridized carbons (Fsp3) is 0.562. The van der Waals surface area contributed by atoms with E-state index in [-0.39, 0.29) is 5.75 Å². The normalized spacial score (nSPS) is 15.1. The molecule has 1 rings (SSSR count). The number of ether oxygens (including phenoxy) is 1. The highest BCUT2D eigenvalue weighted by molar-refractivity contribution is 5.97. The van der Waals surface area contributed by atoms with E-state index in [1.165, 1.54) is 0 Å². The first-order valence-electron chi connectivity index (χ1n) is 8.35. The molecule has 0 aliphatic rings. The molecule has 0 heterocycles. The number of carbonyl (C=O) groups excluding carboxylic acids is 1. The summed E-state index contributed by atoms with van der Waals surface area (Å²) in [6, 6.07) is 2.81. The lowest BCUT2D eigenvalue weighted by Crippen LogP contribution is -2.75. The molecule has 0 spiro atoms. The molecule has 20 heteroatoms. The van der Waals surface area contributed by atoms with Gasteiger partial charge >= 0.3 is 53.5 Å². The molecule has 1 amide bonds. The van der Waals surface area contributed by atoms with Crippen molar-refractivity contribution >= 4 is 11.6 Å². The summed E-state index contributed by atoms with van der Waals surface area (Å²) < 4.78 is 229. The molecular formula is C16H8F17NO2. The van der Waals surface area contributed by atoms with Crippen LogP contribution in [-0.4, -0.2) is 60.7 Å². The van der Waals surface area contributed by atoms with Gasteiger partial charge in [0.1, 0.15) is 5.75 Å². The van der Waals surface area contributed by atoms with E-state index in [1.807, 2.05) is 0 Å². The van der Waals surface area contributed by atoms with E-state index in [2.05, 4.69) is 4.74 Å². The third-order valence-electron chi connectivity index (χ3n) is 4.36. The zero-order chi connectivity index (χ0) is 29.0. The summed E-state index contributed by atoms with van der Waals surface area (Å²) >= 11 is 0. The van der Waals surface area contributed by atoms with Crippen LogP contribution in [0.3, 0.4) is 0 Å². The number of hydrogen-bond donors (Lipinski definition) is 1. The molecular weight excluding hydrogens is 561 g/mol. The van der Waals surface area contributed by atoms with Crippen molar-refractivity contribution in [1.29, 1.82) is 0 Å². The van der Waals surface area contributed by atoms with Crippen molar-refractivity contribution in [2.24, 2.45) is 0 Å². The Morgan fingerprint density at radius 3 is 1.25 bits per heavy atom. The zero-order valence-electron chi connectivity index (χ0n) is 16.6. The van der Waals surface area contributed by atoms with Crippen LogP contribution in [0.25, 0.3) is 0 Å². The second-order valence-corrected chi connectivity index (χ2v) is 6.70. The van der Waals surface area contributed by atoms with Crippen molar-refractivity contribution in [3.8, 4) is 5.75 Å². The fourth-order valence-electron chi connectivity index (χ4n) is 2.19. The lowest BCUT2D eigenvalue weighted by atomic mass is 9.89. The number of rotatable bonds is 9. The molecule has 0 fully saturated rings. The summed E-state index contributed by atoms with van der Waals surface area (Å²) in [4.78, 5) is 11.4. The number of halogens is 17. The van der Waals surface area contributed by atoms with Gasteiger partial charge in [-0.05, 0) is 24.3 Å². The monoisotopic (exact) mass is 569 g/mol. The molecule has 0 bridgehead atoms. The van der Waals surface area contributed by atoms with Gasteiger partial charge in [-0.2, -0.15) is 74.6 Å². The molecule has 0 radical (unpaired) electrons. The largest absolute Gasteiger partial charge is 0.497 e. The van der Waals surface area contributed by atoms with Gasteiger partial charge in [0.05, 0.1) is 7.11 Å². The predicted octanol–water partition coefficient (Wildman–Crippen LogP) is 6.64. The lowest BCUT2D eigenvalue weighted by molar-refractivity contribution is -0.459. The Morgan fingerprint density at radius 1 is 0.583 bits per heavy atom. The van der Waals surface area contributed by atoms with Crippen molar-refractivity contribution in [2.75, 3.05) is 12.4 Å². The molecule has 208 valence electrons. The molecule has 0 saturated carbocycles. The summed E-state index contributed by atoms with van der Waals surface area (Å²) in [6.07, 6.45) is -7.84. The van der Waals surface area contributed by atoms with E-state index in [4.69, 9.17) is 0 Å². The van der Waals surface area contributed by atoms with Crippen LogP contribution in [0.2, 0.25) is 0 Å². The molecule has 0 aliphatic heterocycles. The Labute approximate surface area is 187 Å². The Bertz CT molecular complexity index is 952. The molecule has 1 N–H and O–H groups in total. The third-order valence-corrected chi connectivity index (χ3v) is 4.36. The smallest absolute Gasteiger partial charge is 0.460 e. The summed E-state index contributed by atoms with van der Waals surface area (Å²) in [5, 5.41) is 0.769. The molecule has 1 aromatic carbocycles. The van der Waals surface area contributed by atoms with Crippen molar-refractivity contribution in [2.45, 2.75) is 47.6 Å². The average Bonchev–Trinajstić information content (AvgIpc) is 2.72. The number of carbonyl (C=O) groups is 1. The van der Waals surface area contributed by atoms with Crippen LogP contribution >= 0.6 is 0 Å². The highest BCUT2D eigenvalue weighted by atomic mass is 19.4. The van der Waals surface area contributed by atoms with Crippen molar-refractivity contribution in [1.82, 2.24) is 0 Å². The molecule has 0 unspecified atom stereocenters. The number of alkyl halides is 17. The quantitative estimate of drug-likeness (QED) is 0.339. The number of hydrogen-bond acceptors (Lipinski definition) is 2. The zero-order valence-corrected chi connectivity index (χ0v) is 16.6. The number of anilines is 1. The van der Waals surface area contributed by atoms with Gasteiger partial charge < -0.3 is 10.1 Å². The molecule has 0 aliphatic carbocycles. The van der Waals surface area contributed by atoms with Crippen LogP contribution in [0.15, 0.2) is 24.3 Å². The molecule has 0 saturated heterocycles. The van der Waals surface area contributed by atoms with Crippen LogP contribution in [0.4, 0.5) is 80.3 Å². The Morgan fingerprint density at radius 2 is 0.917 bits per heavy atom. The summed E-state index contributed by atoms with van der Waals surface area (Å²) in [7, 11) is 1.05. The summed E-state index contributed by atoms with van der Waals surface area (Å²) in [5.74, 6) is -61.9. The fourth-order valence-corrected chi connectivity index (χ4v) is 2.19. The van der Waals surface area contributed by atoms with Crippen LogP contribution in [-0.2, 0) is 4.79 Å². The first kappa shape index (κ1) is 31.3. The van der Waals surface area contributed by atoms with Gasteiger partial charge in [0.15, 0.2) is 0 Å². The minimum Gasteiger partial charge on any atom is -0.497 e. The number of methoxy groups -OCH3 is 1. The molecule has 3 nitrogen and oxygen atoms in total. The second kappa shape index (κ2) is 8.70. The molecule has 0 aromatic heterocycles. The van der Waals surface area contributed by atoms with E-state index in [0.29, 0.717) is 12.1 Å². The van der Waals surface area contributed by atoms with Crippen LogP contribution in [0.5, 0.6) is 5.75 Å². The van der Waals surface area contributed by atoms with Gasteiger partial charge in [0, 0.05) is 5.69 Å². The summed E-state index contributed by atoms with van der Waals surface area (Å²) in [5.41, 5.74) is -0.951. The highest BCUT2D eigenvalue weighted by Crippen LogP contribution is 2.64. The van der Waals surface area contributed by atoms with Gasteiger partial charge in [-0.3, -0.25) is 4.79 Å².